The molecule has 0 aromatic heterocycles. The van der Waals surface area contributed by atoms with E-state index in [0.717, 1.165) is 38.8 Å². The Hall–Kier alpha value is -5.81. The third-order valence-electron chi connectivity index (χ3n) is 17.9. The normalized spacial score (nSPS) is 26.5. The third kappa shape index (κ3) is 14.1. The average Bonchev–Trinajstić information content (AvgIpc) is 3.24. The Bertz CT molecular complexity index is 2870. The van der Waals surface area contributed by atoms with Crippen molar-refractivity contribution in [3.05, 3.63) is 141 Å². The lowest BCUT2D eigenvalue weighted by molar-refractivity contribution is -0.145. The van der Waals surface area contributed by atoms with Crippen molar-refractivity contribution < 1.29 is 85.3 Å². The molecule has 6 unspecified atom stereocenters. The van der Waals surface area contributed by atoms with Gasteiger partial charge in [-0.05, 0) is 172 Å². The molecule has 6 aliphatic rings. The molecule has 23 heteroatoms. The Kier molecular flexibility index (Phi) is 18.1. The highest BCUT2D eigenvalue weighted by molar-refractivity contribution is 5.79. The molecule has 0 bridgehead atoms. The number of rotatable bonds is 10. The molecule has 6 heterocycles. The number of halogens is 14. The van der Waals surface area contributed by atoms with Gasteiger partial charge in [0, 0.05) is 69.9 Å². The van der Waals surface area contributed by atoms with Gasteiger partial charge in [0.2, 0.25) is 17.7 Å². The molecule has 0 aliphatic carbocycles. The molecular formula is C60H64F14N4O5. The summed E-state index contributed by atoms with van der Waals surface area (Å²) in [4.78, 5) is 43.7. The van der Waals surface area contributed by atoms with Crippen molar-refractivity contribution in [3.63, 3.8) is 0 Å². The first-order valence-electron chi connectivity index (χ1n) is 27.9. The van der Waals surface area contributed by atoms with Crippen molar-refractivity contribution >= 4 is 17.7 Å². The van der Waals surface area contributed by atoms with Gasteiger partial charge >= 0.3 is 24.7 Å². The number of benzene rings is 4. The minimum atomic E-state index is -5.00. The fraction of sp³-hybridized carbons (Fsp3) is 0.550. The second-order valence-corrected chi connectivity index (χ2v) is 23.0. The van der Waals surface area contributed by atoms with Gasteiger partial charge in [-0.2, -0.15) is 52.7 Å². The number of likely N-dealkylation sites (tertiary alicyclic amines) is 1. The Balaban J connectivity index is 0.000000200. The van der Waals surface area contributed by atoms with Gasteiger partial charge in [-0.1, -0.05) is 24.3 Å². The molecule has 10 atom stereocenters. The van der Waals surface area contributed by atoms with Crippen LogP contribution < -0.4 is 5.32 Å². The highest BCUT2D eigenvalue weighted by Gasteiger charge is 2.53. The molecule has 452 valence electrons. The monoisotopic (exact) mass is 1190 g/mol. The molecule has 0 saturated carbocycles. The molecule has 10 rings (SSSR count). The molecule has 9 nitrogen and oxygen atoms in total. The lowest BCUT2D eigenvalue weighted by Crippen LogP contribution is -2.47. The predicted molar refractivity (Wildman–Crippen MR) is 275 cm³/mol. The molecule has 3 amide bonds. The highest BCUT2D eigenvalue weighted by Crippen LogP contribution is 2.50. The zero-order valence-electron chi connectivity index (χ0n) is 45.6. The summed E-state index contributed by atoms with van der Waals surface area (Å²) in [5, 5.41) is 3.33. The van der Waals surface area contributed by atoms with Gasteiger partial charge in [-0.3, -0.25) is 14.4 Å². The Labute approximate surface area is 471 Å². The van der Waals surface area contributed by atoms with Gasteiger partial charge in [0.25, 0.3) is 0 Å². The van der Waals surface area contributed by atoms with Crippen molar-refractivity contribution in [1.29, 1.82) is 0 Å². The standard InChI is InChI=1S/C31H33F7N2O3.C29H31F7N2O2/c1-17(21-11-23(30(33,34)35)15-24(12-21)31(36,37)38)43-27-16-40-26(29(27)20-3-5-25(32)6-4-20)13-22(14-28(40)42)19-7-9-39(10-8-19)18(2)41;1-16(19-10-21(28(31,32)33)14-22(11-19)29(34,35)36)40-25-15-38-24(27(25)18-2-4-23(30)5-3-18)12-20(13-26(38)39)17-6-8-37-9-7-17/h3-6,11-12,15,17,19,22,26-27,29H,7-10,13-14,16H2,1-2H3;2-5,10-11,14,16-17,20,24-25,27,37H,6-9,12-13,15H2,1H3/t17-,22?,26?,27?,29+;16-,20?,24?,25?,27+/m11/s1. The smallest absolute Gasteiger partial charge is 0.368 e. The lowest BCUT2D eigenvalue weighted by Gasteiger charge is -2.42. The van der Waals surface area contributed by atoms with Gasteiger partial charge in [0.05, 0.1) is 46.7 Å². The number of alkyl halides is 12. The van der Waals surface area contributed by atoms with Crippen LogP contribution in [0, 0.1) is 35.3 Å². The van der Waals surface area contributed by atoms with Crippen LogP contribution in [0.2, 0.25) is 0 Å². The first-order valence-corrected chi connectivity index (χ1v) is 27.9. The summed E-state index contributed by atoms with van der Waals surface area (Å²) in [6.07, 6.45) is -18.2. The molecule has 83 heavy (non-hydrogen) atoms. The van der Waals surface area contributed by atoms with E-state index in [-0.39, 0.29) is 83.9 Å². The molecule has 6 fully saturated rings. The second kappa shape index (κ2) is 24.3. The topological polar surface area (TPSA) is 91.4 Å². The molecule has 1 N–H and O–H groups in total. The zero-order chi connectivity index (χ0) is 60.1. The summed E-state index contributed by atoms with van der Waals surface area (Å²) in [6.45, 7) is 7.57. The number of carbonyl (C=O) groups is 3. The Morgan fingerprint density at radius 1 is 0.518 bits per heavy atom. The fourth-order valence-corrected chi connectivity index (χ4v) is 13.7. The number of piperidine rings is 4. The lowest BCUT2D eigenvalue weighted by atomic mass is 9.74. The fourth-order valence-electron chi connectivity index (χ4n) is 13.7. The number of hydrogen-bond donors (Lipinski definition) is 1. The van der Waals surface area contributed by atoms with Crippen LogP contribution in [-0.2, 0) is 48.6 Å². The van der Waals surface area contributed by atoms with Gasteiger partial charge < -0.3 is 29.5 Å². The number of amides is 3. The van der Waals surface area contributed by atoms with Gasteiger partial charge in [0.15, 0.2) is 0 Å². The van der Waals surface area contributed by atoms with Crippen molar-refractivity contribution in [1.82, 2.24) is 20.0 Å². The van der Waals surface area contributed by atoms with E-state index in [1.165, 1.54) is 45.0 Å². The number of carbonyl (C=O) groups excluding carboxylic acids is 3. The summed E-state index contributed by atoms with van der Waals surface area (Å²) in [7, 11) is 0. The molecule has 0 radical (unpaired) electrons. The van der Waals surface area contributed by atoms with E-state index in [0.29, 0.717) is 80.1 Å². The molecule has 6 aliphatic heterocycles. The number of ether oxygens (including phenoxy) is 2. The van der Waals surface area contributed by atoms with Crippen LogP contribution in [-0.4, -0.2) is 96.0 Å². The van der Waals surface area contributed by atoms with Crippen LogP contribution in [0.5, 0.6) is 0 Å². The first-order chi connectivity index (χ1) is 38.9. The maximum absolute atomic E-state index is 13.9. The van der Waals surface area contributed by atoms with E-state index in [2.05, 4.69) is 5.32 Å². The van der Waals surface area contributed by atoms with Crippen LogP contribution >= 0.6 is 0 Å². The third-order valence-corrected chi connectivity index (χ3v) is 17.9. The summed E-state index contributed by atoms with van der Waals surface area (Å²) in [6, 6.07) is 13.8. The molecule has 6 saturated heterocycles. The largest absolute Gasteiger partial charge is 0.416 e. The SMILES string of the molecule is CC(=O)N1CCC(C2CC(=O)N3CC(O[C@H](C)c4cc(C(F)(F)F)cc(C(F)(F)F)c4)[C@@H](c4ccc(F)cc4)C3C2)CC1.C[C@@H](OC1CN2C(=O)CC(C3CCNCC3)CC2[C@@H]1c1ccc(F)cc1)c1cc(C(F)(F)F)cc(C(F)(F)F)c1. The van der Waals surface area contributed by atoms with Crippen LogP contribution in [0.3, 0.4) is 0 Å². The van der Waals surface area contributed by atoms with Crippen LogP contribution in [0.4, 0.5) is 61.5 Å². The van der Waals surface area contributed by atoms with E-state index < -0.39 is 94.8 Å². The second-order valence-electron chi connectivity index (χ2n) is 23.0. The first kappa shape index (κ1) is 61.7. The maximum Gasteiger partial charge on any atom is 0.416 e. The van der Waals surface area contributed by atoms with E-state index in [9.17, 15) is 75.8 Å². The summed E-state index contributed by atoms with van der Waals surface area (Å²) < 4.78 is 202. The van der Waals surface area contributed by atoms with Gasteiger partial charge in [-0.25, -0.2) is 8.78 Å². The van der Waals surface area contributed by atoms with E-state index in [1.54, 1.807) is 39.0 Å². The van der Waals surface area contributed by atoms with E-state index in [4.69, 9.17) is 9.47 Å². The summed E-state index contributed by atoms with van der Waals surface area (Å²) in [5.41, 5.74) is -4.84. The zero-order valence-corrected chi connectivity index (χ0v) is 45.6. The average molecular weight is 1190 g/mol. The number of nitrogens with zero attached hydrogens (tertiary/aromatic N) is 3. The number of hydrogen-bond acceptors (Lipinski definition) is 6. The van der Waals surface area contributed by atoms with Crippen LogP contribution in [0.1, 0.15) is 141 Å². The van der Waals surface area contributed by atoms with Crippen molar-refractivity contribution in [3.8, 4) is 0 Å². The number of fused-ring (bicyclic) bond motifs is 2. The molecular weight excluding hydrogens is 1120 g/mol. The highest BCUT2D eigenvalue weighted by atomic mass is 19.4. The van der Waals surface area contributed by atoms with Gasteiger partial charge in [0.1, 0.15) is 11.6 Å². The van der Waals surface area contributed by atoms with Crippen molar-refractivity contribution in [2.45, 2.75) is 145 Å². The molecule has 4 aromatic carbocycles. The van der Waals surface area contributed by atoms with Crippen LogP contribution in [0.25, 0.3) is 0 Å². The summed E-state index contributed by atoms with van der Waals surface area (Å²) >= 11 is 0. The van der Waals surface area contributed by atoms with E-state index >= 15 is 0 Å². The molecule has 0 spiro atoms. The van der Waals surface area contributed by atoms with E-state index in [1.807, 2.05) is 0 Å². The summed E-state index contributed by atoms with van der Waals surface area (Å²) in [5.74, 6) is -1.12. The molecule has 4 aromatic rings. The quantitative estimate of drug-likeness (QED) is 0.159. The van der Waals surface area contributed by atoms with Gasteiger partial charge in [-0.15, -0.1) is 0 Å². The maximum atomic E-state index is 13.9. The van der Waals surface area contributed by atoms with Crippen LogP contribution in [0.15, 0.2) is 84.9 Å². The predicted octanol–water partition coefficient (Wildman–Crippen LogP) is 13.7. The number of nitrogens with one attached hydrogen (secondary N) is 1. The Morgan fingerprint density at radius 3 is 1.18 bits per heavy atom. The van der Waals surface area contributed by atoms with Crippen molar-refractivity contribution in [2.24, 2.45) is 23.7 Å². The van der Waals surface area contributed by atoms with Crippen molar-refractivity contribution in [2.75, 3.05) is 39.3 Å². The minimum Gasteiger partial charge on any atom is -0.368 e. The minimum absolute atomic E-state index is 0.00810. The Morgan fingerprint density at radius 2 is 0.855 bits per heavy atom.